The van der Waals surface area contributed by atoms with E-state index in [4.69, 9.17) is 14.2 Å². The second-order valence-electron chi connectivity index (χ2n) is 9.06. The van der Waals surface area contributed by atoms with Crippen LogP contribution in [-0.4, -0.2) is 41.2 Å². The average molecular weight is 501 g/mol. The fraction of sp³-hybridized carbons (Fsp3) is 0.214. The number of aliphatic hydroxyl groups is 1. The highest BCUT2D eigenvalue weighted by Crippen LogP contribution is 2.43. The van der Waals surface area contributed by atoms with Gasteiger partial charge in [-0.15, -0.1) is 0 Å². The van der Waals surface area contributed by atoms with Crippen LogP contribution >= 0.6 is 0 Å². The van der Waals surface area contributed by atoms with E-state index in [0.717, 1.165) is 0 Å². The van der Waals surface area contributed by atoms with E-state index in [-0.39, 0.29) is 30.6 Å². The molecule has 9 heteroatoms. The number of ether oxygens (including phenoxy) is 3. The summed E-state index contributed by atoms with van der Waals surface area (Å²) in [6, 6.07) is 13.5. The number of carbonyl (C=O) groups excluding carboxylic acids is 3. The number of carbonyl (C=O) groups is 3. The van der Waals surface area contributed by atoms with Crippen molar-refractivity contribution in [1.82, 2.24) is 4.98 Å². The minimum Gasteiger partial charge on any atom is -0.507 e. The molecule has 5 rings (SSSR count). The molecule has 3 heterocycles. The summed E-state index contributed by atoms with van der Waals surface area (Å²) < 4.78 is 16.0. The van der Waals surface area contributed by atoms with E-state index in [2.05, 4.69) is 4.98 Å². The maximum atomic E-state index is 13.3. The Morgan fingerprint density at radius 2 is 1.81 bits per heavy atom. The number of pyridine rings is 1. The number of aromatic nitrogens is 1. The van der Waals surface area contributed by atoms with Crippen molar-refractivity contribution in [2.75, 3.05) is 18.3 Å². The zero-order valence-corrected chi connectivity index (χ0v) is 20.2. The van der Waals surface area contributed by atoms with Gasteiger partial charge in [-0.25, -0.2) is 4.79 Å². The average Bonchev–Trinajstić information content (AvgIpc) is 3.49. The molecule has 0 saturated carbocycles. The minimum absolute atomic E-state index is 0.0562. The first-order chi connectivity index (χ1) is 17.8. The van der Waals surface area contributed by atoms with Crippen molar-refractivity contribution in [1.29, 1.82) is 0 Å². The number of hydrogen-bond donors (Lipinski definition) is 1. The van der Waals surface area contributed by atoms with E-state index in [1.165, 1.54) is 23.2 Å². The number of rotatable bonds is 6. The van der Waals surface area contributed by atoms with Crippen LogP contribution in [0, 0.1) is 5.92 Å². The Labute approximate surface area is 212 Å². The Hall–Kier alpha value is -4.66. The molecule has 1 amide bonds. The van der Waals surface area contributed by atoms with Gasteiger partial charge in [0, 0.05) is 23.6 Å². The first kappa shape index (κ1) is 24.1. The largest absolute Gasteiger partial charge is 0.507 e. The van der Waals surface area contributed by atoms with Gasteiger partial charge < -0.3 is 19.3 Å². The highest BCUT2D eigenvalue weighted by molar-refractivity contribution is 6.51. The van der Waals surface area contributed by atoms with Gasteiger partial charge in [-0.05, 0) is 60.0 Å². The van der Waals surface area contributed by atoms with Gasteiger partial charge in [-0.3, -0.25) is 19.5 Å². The summed E-state index contributed by atoms with van der Waals surface area (Å²) >= 11 is 0. The van der Waals surface area contributed by atoms with Crippen LogP contribution in [0.25, 0.3) is 5.76 Å². The number of amides is 1. The number of anilines is 1. The first-order valence-corrected chi connectivity index (χ1v) is 11.7. The lowest BCUT2D eigenvalue weighted by Gasteiger charge is -2.25. The van der Waals surface area contributed by atoms with E-state index in [0.29, 0.717) is 33.9 Å². The third-order valence-corrected chi connectivity index (χ3v) is 6.02. The van der Waals surface area contributed by atoms with Crippen LogP contribution in [0.5, 0.6) is 11.5 Å². The zero-order chi connectivity index (χ0) is 26.1. The Morgan fingerprint density at radius 3 is 2.51 bits per heavy atom. The topological polar surface area (TPSA) is 115 Å². The van der Waals surface area contributed by atoms with Crippen molar-refractivity contribution >= 4 is 29.1 Å². The molecule has 2 aromatic carbocycles. The highest BCUT2D eigenvalue weighted by Gasteiger charge is 2.47. The van der Waals surface area contributed by atoms with Gasteiger partial charge in [0.15, 0.2) is 11.5 Å². The molecular formula is C28H24N2O7. The molecule has 1 N–H and O–H groups in total. The van der Waals surface area contributed by atoms with E-state index < -0.39 is 23.7 Å². The van der Waals surface area contributed by atoms with Crippen LogP contribution in [0.1, 0.15) is 41.4 Å². The molecule has 188 valence electrons. The van der Waals surface area contributed by atoms with Crippen LogP contribution in [0.15, 0.2) is 72.6 Å². The van der Waals surface area contributed by atoms with Gasteiger partial charge in [0.1, 0.15) is 5.76 Å². The predicted octanol–water partition coefficient (Wildman–Crippen LogP) is 4.25. The standard InChI is InChI=1S/C28H24N2O7/c1-16(2)14-35-28(34)17-5-8-20(9-6-17)30-24(19-4-3-11-29-13-19)23(26(32)27(30)33)25(31)18-7-10-21-22(12-18)37-15-36-21/h3-13,16,24,31H,14-15H2,1-2H3/b25-23-. The fourth-order valence-electron chi connectivity index (χ4n) is 4.24. The Kier molecular flexibility index (Phi) is 6.35. The predicted molar refractivity (Wildman–Crippen MR) is 133 cm³/mol. The molecule has 1 fully saturated rings. The molecule has 1 atom stereocenters. The third kappa shape index (κ3) is 4.51. The summed E-state index contributed by atoms with van der Waals surface area (Å²) in [5.41, 5.74) is 1.45. The molecule has 9 nitrogen and oxygen atoms in total. The summed E-state index contributed by atoms with van der Waals surface area (Å²) in [6.45, 7) is 4.22. The van der Waals surface area contributed by atoms with E-state index >= 15 is 0 Å². The lowest BCUT2D eigenvalue weighted by atomic mass is 9.96. The molecule has 2 aliphatic rings. The fourth-order valence-corrected chi connectivity index (χ4v) is 4.24. The van der Waals surface area contributed by atoms with Crippen LogP contribution in [-0.2, 0) is 14.3 Å². The third-order valence-electron chi connectivity index (χ3n) is 6.02. The van der Waals surface area contributed by atoms with Gasteiger partial charge >= 0.3 is 5.97 Å². The lowest BCUT2D eigenvalue weighted by molar-refractivity contribution is -0.132. The Balaban J connectivity index is 1.56. The number of benzene rings is 2. The summed E-state index contributed by atoms with van der Waals surface area (Å²) in [5, 5.41) is 11.3. The second-order valence-corrected chi connectivity index (χ2v) is 9.06. The van der Waals surface area contributed by atoms with Gasteiger partial charge in [-0.1, -0.05) is 19.9 Å². The van der Waals surface area contributed by atoms with Gasteiger partial charge in [0.2, 0.25) is 6.79 Å². The molecule has 0 spiro atoms. The molecule has 37 heavy (non-hydrogen) atoms. The molecule has 0 bridgehead atoms. The van der Waals surface area contributed by atoms with Crippen molar-refractivity contribution in [2.24, 2.45) is 5.92 Å². The van der Waals surface area contributed by atoms with Crippen LogP contribution < -0.4 is 14.4 Å². The zero-order valence-electron chi connectivity index (χ0n) is 20.2. The molecule has 1 aromatic heterocycles. The maximum absolute atomic E-state index is 13.3. The van der Waals surface area contributed by atoms with Crippen molar-refractivity contribution < 1.29 is 33.7 Å². The first-order valence-electron chi connectivity index (χ1n) is 11.7. The van der Waals surface area contributed by atoms with Crippen molar-refractivity contribution in [3.8, 4) is 11.5 Å². The molecule has 3 aromatic rings. The number of fused-ring (bicyclic) bond motifs is 1. The Morgan fingerprint density at radius 1 is 1.08 bits per heavy atom. The highest BCUT2D eigenvalue weighted by atomic mass is 16.7. The van der Waals surface area contributed by atoms with Gasteiger partial charge in [0.25, 0.3) is 11.7 Å². The molecule has 1 unspecified atom stereocenters. The normalized spacial score (nSPS) is 17.9. The monoisotopic (exact) mass is 500 g/mol. The quantitative estimate of drug-likeness (QED) is 0.231. The molecule has 2 aliphatic heterocycles. The van der Waals surface area contributed by atoms with E-state index in [9.17, 15) is 19.5 Å². The SMILES string of the molecule is CC(C)COC(=O)c1ccc(N2C(=O)C(=O)/C(=C(\O)c3ccc4c(c3)OCO4)C2c2cccnc2)cc1. The summed E-state index contributed by atoms with van der Waals surface area (Å²) in [6.07, 6.45) is 3.11. The molecular weight excluding hydrogens is 476 g/mol. The number of nitrogens with zero attached hydrogens (tertiary/aromatic N) is 2. The van der Waals surface area contributed by atoms with Gasteiger partial charge in [0.05, 0.1) is 23.8 Å². The van der Waals surface area contributed by atoms with Crippen molar-refractivity contribution in [3.05, 3.63) is 89.3 Å². The van der Waals surface area contributed by atoms with Crippen LogP contribution in [0.2, 0.25) is 0 Å². The number of Topliss-reactive ketones (excluding diaryl/α,β-unsaturated/α-hetero) is 1. The smallest absolute Gasteiger partial charge is 0.338 e. The molecule has 0 aliphatic carbocycles. The molecule has 1 saturated heterocycles. The van der Waals surface area contributed by atoms with Crippen LogP contribution in [0.4, 0.5) is 5.69 Å². The lowest BCUT2D eigenvalue weighted by Crippen LogP contribution is -2.29. The van der Waals surface area contributed by atoms with Crippen molar-refractivity contribution in [2.45, 2.75) is 19.9 Å². The van der Waals surface area contributed by atoms with Crippen LogP contribution in [0.3, 0.4) is 0 Å². The second kappa shape index (κ2) is 9.77. The van der Waals surface area contributed by atoms with Crippen molar-refractivity contribution in [3.63, 3.8) is 0 Å². The van der Waals surface area contributed by atoms with E-state index in [1.54, 1.807) is 48.7 Å². The number of hydrogen-bond acceptors (Lipinski definition) is 8. The maximum Gasteiger partial charge on any atom is 0.338 e. The molecule has 0 radical (unpaired) electrons. The minimum atomic E-state index is -0.946. The number of aliphatic hydroxyl groups excluding tert-OH is 1. The summed E-state index contributed by atoms with van der Waals surface area (Å²) in [7, 11) is 0. The number of esters is 1. The van der Waals surface area contributed by atoms with Gasteiger partial charge in [-0.2, -0.15) is 0 Å². The number of ketones is 1. The Bertz CT molecular complexity index is 1400. The summed E-state index contributed by atoms with van der Waals surface area (Å²) in [5.74, 6) is -1.34. The van der Waals surface area contributed by atoms with E-state index in [1.807, 2.05) is 13.8 Å². The summed E-state index contributed by atoms with van der Waals surface area (Å²) in [4.78, 5) is 44.4.